The van der Waals surface area contributed by atoms with Gasteiger partial charge in [0, 0.05) is 12.1 Å². The average Bonchev–Trinajstić information content (AvgIpc) is 3.46. The summed E-state index contributed by atoms with van der Waals surface area (Å²) in [6.45, 7) is 1.62. The number of benzene rings is 2. The van der Waals surface area contributed by atoms with Crippen LogP contribution in [0.1, 0.15) is 30.0 Å². The third-order valence-electron chi connectivity index (χ3n) is 5.76. The molecule has 10 heteroatoms. The molecule has 2 aromatic carbocycles. The zero-order chi connectivity index (χ0) is 26.1. The molecule has 7 nitrogen and oxygen atoms in total. The van der Waals surface area contributed by atoms with Crippen molar-refractivity contribution in [3.63, 3.8) is 0 Å². The fourth-order valence-corrected chi connectivity index (χ4v) is 5.09. The summed E-state index contributed by atoms with van der Waals surface area (Å²) in [6.07, 6.45) is 1.57. The highest BCUT2D eigenvalue weighted by molar-refractivity contribution is 7.07. The molecular formula is C27H20F2N2O5S. The number of carbonyl (C=O) groups excluding carboxylic acids is 1. The number of methoxy groups -OCH3 is 1. The SMILES string of the molecule is COC(=O)C1=C(C)N=c2sc(=Cc3ccc(COc4ccc(F)cc4F)o3)c(=O)n2[C@@H]1c1ccccc1. The molecule has 1 atom stereocenters. The number of hydrogen-bond acceptors (Lipinski definition) is 7. The van der Waals surface area contributed by atoms with Crippen LogP contribution in [0.2, 0.25) is 0 Å². The molecule has 37 heavy (non-hydrogen) atoms. The largest absolute Gasteiger partial charge is 0.483 e. The Kier molecular flexibility index (Phi) is 6.58. The molecule has 3 heterocycles. The molecule has 4 aromatic rings. The summed E-state index contributed by atoms with van der Waals surface area (Å²) in [5.41, 5.74) is 1.17. The summed E-state index contributed by atoms with van der Waals surface area (Å²) in [4.78, 5) is 31.1. The third kappa shape index (κ3) is 4.75. The van der Waals surface area contributed by atoms with E-state index in [2.05, 4.69) is 4.99 Å². The molecule has 0 fully saturated rings. The van der Waals surface area contributed by atoms with Crippen LogP contribution in [0.4, 0.5) is 8.78 Å². The van der Waals surface area contributed by atoms with Crippen molar-refractivity contribution in [3.05, 3.63) is 120 Å². The second-order valence-electron chi connectivity index (χ2n) is 8.15. The molecule has 0 amide bonds. The van der Waals surface area contributed by atoms with Crippen LogP contribution in [0, 0.1) is 11.6 Å². The van der Waals surface area contributed by atoms with Crippen LogP contribution in [0.5, 0.6) is 5.75 Å². The van der Waals surface area contributed by atoms with Crippen LogP contribution in [-0.4, -0.2) is 17.6 Å². The van der Waals surface area contributed by atoms with Gasteiger partial charge in [-0.05, 0) is 36.8 Å². The van der Waals surface area contributed by atoms with Gasteiger partial charge in [-0.25, -0.2) is 18.6 Å². The Labute approximate surface area is 213 Å². The molecule has 2 aromatic heterocycles. The lowest BCUT2D eigenvalue weighted by Gasteiger charge is -2.24. The van der Waals surface area contributed by atoms with Crippen molar-refractivity contribution in [2.45, 2.75) is 19.6 Å². The molecule has 0 radical (unpaired) electrons. The zero-order valence-electron chi connectivity index (χ0n) is 19.7. The lowest BCUT2D eigenvalue weighted by molar-refractivity contribution is -0.136. The van der Waals surface area contributed by atoms with Gasteiger partial charge in [0.25, 0.3) is 5.56 Å². The fraction of sp³-hybridized carbons (Fsp3) is 0.148. The second kappa shape index (κ2) is 9.98. The Morgan fingerprint density at radius 3 is 2.68 bits per heavy atom. The van der Waals surface area contributed by atoms with E-state index in [4.69, 9.17) is 13.9 Å². The van der Waals surface area contributed by atoms with Gasteiger partial charge in [0.2, 0.25) is 0 Å². The zero-order valence-corrected chi connectivity index (χ0v) is 20.6. The first-order chi connectivity index (χ1) is 17.9. The minimum Gasteiger partial charge on any atom is -0.483 e. The lowest BCUT2D eigenvalue weighted by Crippen LogP contribution is -2.39. The van der Waals surface area contributed by atoms with Crippen LogP contribution in [0.3, 0.4) is 0 Å². The van der Waals surface area contributed by atoms with E-state index in [1.54, 1.807) is 25.1 Å². The lowest BCUT2D eigenvalue weighted by atomic mass is 9.96. The van der Waals surface area contributed by atoms with E-state index in [-0.39, 0.29) is 23.5 Å². The number of nitrogens with zero attached hydrogens (tertiary/aromatic N) is 2. The van der Waals surface area contributed by atoms with Crippen LogP contribution in [0.25, 0.3) is 6.08 Å². The number of thiazole rings is 1. The molecule has 188 valence electrons. The maximum Gasteiger partial charge on any atom is 0.338 e. The van der Waals surface area contributed by atoms with Gasteiger partial charge >= 0.3 is 5.97 Å². The highest BCUT2D eigenvalue weighted by atomic mass is 32.1. The average molecular weight is 523 g/mol. The van der Waals surface area contributed by atoms with Crippen LogP contribution in [0.15, 0.2) is 86.1 Å². The molecule has 1 aliphatic heterocycles. The normalized spacial score (nSPS) is 15.4. The molecule has 0 unspecified atom stereocenters. The smallest absolute Gasteiger partial charge is 0.338 e. The summed E-state index contributed by atoms with van der Waals surface area (Å²) in [5.74, 6) is -1.42. The Hall–Kier alpha value is -4.31. The van der Waals surface area contributed by atoms with E-state index in [9.17, 15) is 18.4 Å². The van der Waals surface area contributed by atoms with E-state index in [0.717, 1.165) is 17.7 Å². The Morgan fingerprint density at radius 2 is 1.95 bits per heavy atom. The van der Waals surface area contributed by atoms with Gasteiger partial charge in [-0.2, -0.15) is 0 Å². The highest BCUT2D eigenvalue weighted by Crippen LogP contribution is 2.30. The number of fused-ring (bicyclic) bond motifs is 1. The van der Waals surface area contributed by atoms with Crippen molar-refractivity contribution in [2.75, 3.05) is 7.11 Å². The van der Waals surface area contributed by atoms with Gasteiger partial charge in [-0.3, -0.25) is 9.36 Å². The topological polar surface area (TPSA) is 83.0 Å². The first-order valence-electron chi connectivity index (χ1n) is 11.2. The number of esters is 1. The van der Waals surface area contributed by atoms with Crippen molar-refractivity contribution in [1.82, 2.24) is 4.57 Å². The minimum absolute atomic E-state index is 0.0899. The van der Waals surface area contributed by atoms with Crippen LogP contribution < -0.4 is 19.6 Å². The number of furan rings is 1. The number of rotatable bonds is 6. The van der Waals surface area contributed by atoms with Gasteiger partial charge in [-0.1, -0.05) is 41.7 Å². The number of hydrogen-bond donors (Lipinski definition) is 0. The Balaban J connectivity index is 1.49. The molecule has 0 N–H and O–H groups in total. The standard InChI is InChI=1S/C27H20F2N2O5S/c1-15-23(26(33)34-2)24(16-6-4-3-5-7-16)31-25(32)22(37-27(31)30-15)13-18-9-10-19(36-18)14-35-21-11-8-17(28)12-20(21)29/h3-13,24H,14H2,1-2H3/t24-/m1/s1. The fourth-order valence-electron chi connectivity index (χ4n) is 4.06. The summed E-state index contributed by atoms with van der Waals surface area (Å²) in [7, 11) is 1.29. The van der Waals surface area contributed by atoms with E-state index in [1.165, 1.54) is 29.1 Å². The van der Waals surface area contributed by atoms with Gasteiger partial charge < -0.3 is 13.9 Å². The summed E-state index contributed by atoms with van der Waals surface area (Å²) in [6, 6.07) is 14.8. The first kappa shape index (κ1) is 24.4. The predicted molar refractivity (Wildman–Crippen MR) is 132 cm³/mol. The molecule has 1 aliphatic rings. The second-order valence-corrected chi connectivity index (χ2v) is 9.16. The Bertz CT molecular complexity index is 1700. The van der Waals surface area contributed by atoms with Crippen molar-refractivity contribution < 1.29 is 27.5 Å². The molecule has 0 bridgehead atoms. The van der Waals surface area contributed by atoms with E-state index < -0.39 is 23.6 Å². The molecule has 0 saturated carbocycles. The predicted octanol–water partition coefficient (Wildman–Crippen LogP) is 3.86. The number of carbonyl (C=O) groups is 1. The maximum atomic E-state index is 13.8. The quantitative estimate of drug-likeness (QED) is 0.359. The molecule has 5 rings (SSSR count). The summed E-state index contributed by atoms with van der Waals surface area (Å²) < 4.78 is 44.8. The van der Waals surface area contributed by atoms with Crippen molar-refractivity contribution >= 4 is 23.4 Å². The van der Waals surface area contributed by atoms with Crippen LogP contribution >= 0.6 is 11.3 Å². The van der Waals surface area contributed by atoms with E-state index in [0.29, 0.717) is 26.6 Å². The molecular weight excluding hydrogens is 502 g/mol. The third-order valence-corrected chi connectivity index (χ3v) is 6.74. The van der Waals surface area contributed by atoms with Crippen LogP contribution in [-0.2, 0) is 16.1 Å². The number of halogens is 2. The van der Waals surface area contributed by atoms with Crippen molar-refractivity contribution in [3.8, 4) is 5.75 Å². The molecule has 0 spiro atoms. The first-order valence-corrected chi connectivity index (χ1v) is 12.0. The van der Waals surface area contributed by atoms with Gasteiger partial charge in [0.05, 0.1) is 29.0 Å². The molecule has 0 aliphatic carbocycles. The number of ether oxygens (including phenoxy) is 2. The van der Waals surface area contributed by atoms with Gasteiger partial charge in [0.1, 0.15) is 23.9 Å². The van der Waals surface area contributed by atoms with E-state index in [1.807, 2.05) is 30.3 Å². The summed E-state index contributed by atoms with van der Waals surface area (Å²) >= 11 is 1.17. The number of allylic oxidation sites excluding steroid dienone is 1. The number of aromatic nitrogens is 1. The Morgan fingerprint density at radius 1 is 1.16 bits per heavy atom. The van der Waals surface area contributed by atoms with Crippen molar-refractivity contribution in [1.29, 1.82) is 0 Å². The van der Waals surface area contributed by atoms with Gasteiger partial charge in [0.15, 0.2) is 16.4 Å². The highest BCUT2D eigenvalue weighted by Gasteiger charge is 2.32. The van der Waals surface area contributed by atoms with Gasteiger partial charge in [-0.15, -0.1) is 0 Å². The molecule has 0 saturated heterocycles. The van der Waals surface area contributed by atoms with Crippen molar-refractivity contribution in [2.24, 2.45) is 4.99 Å². The van der Waals surface area contributed by atoms with E-state index >= 15 is 0 Å². The maximum absolute atomic E-state index is 13.8. The minimum atomic E-state index is -0.817. The summed E-state index contributed by atoms with van der Waals surface area (Å²) in [5, 5.41) is 0. The monoisotopic (exact) mass is 522 g/mol.